The zero-order chi connectivity index (χ0) is 56.9. The molecule has 8 aromatic rings. The first-order chi connectivity index (χ1) is 36.2. The third-order valence-electron chi connectivity index (χ3n) is 10.8. The van der Waals surface area contributed by atoms with Gasteiger partial charge in [-0.05, 0) is 116 Å². The van der Waals surface area contributed by atoms with Crippen LogP contribution in [-0.4, -0.2) is 105 Å². The fourth-order valence-electron chi connectivity index (χ4n) is 6.94. The lowest BCUT2D eigenvalue weighted by Gasteiger charge is -2.13. The van der Waals surface area contributed by atoms with Gasteiger partial charge in [0.1, 0.15) is 11.5 Å². The number of phenols is 1. The van der Waals surface area contributed by atoms with Crippen LogP contribution in [0.25, 0.3) is 53.4 Å². The third-order valence-corrected chi connectivity index (χ3v) is 15.3. The predicted octanol–water partition coefficient (Wildman–Crippen LogP) is 12.1. The van der Waals surface area contributed by atoms with Crippen LogP contribution in [0, 0.1) is 0 Å². The van der Waals surface area contributed by atoms with E-state index >= 15 is 0 Å². The SMILES string of the molecule is CCN(CC)CC.CN=C=O.CNC(=O)Oc1cccc(-n2nc(C(F)(F)F)cc2-c2ccc(-c3cccc(S(C)(=O)=O)c3)s2)c1.CS(=O)(=O)c1cccc(-c2ccc(-c3cc(C(F)(F)F)nn3-c3cccc(O)c3)s2)c1. The van der Waals surface area contributed by atoms with Gasteiger partial charge in [-0.3, -0.25) is 0 Å². The molecule has 0 aliphatic heterocycles. The molecule has 0 saturated carbocycles. The van der Waals surface area contributed by atoms with Gasteiger partial charge in [-0.15, -0.1) is 22.7 Å². The lowest BCUT2D eigenvalue weighted by Crippen LogP contribution is -2.22. The number of aromatic nitrogens is 4. The topological polar surface area (TPSA) is 195 Å². The standard InChI is InChI=1S/C23H18F3N3O4S2.C21H15F3N2O3S2.C6H15N.C2H3NO/c1-27-22(30)33-16-7-4-6-15(12-16)29-18(13-21(28-29)23(24,25)26)20-10-9-19(34-20)14-5-3-8-17(11-14)35(2,31)32;1-31(28,29)16-7-2-4-13(10-16)18-8-9-19(30-18)17-12-20(21(22,23)24)25-26(17)14-5-3-6-15(27)11-14;1-4-7(5-2)6-3;1-3-2-4/h3-13H,1-2H3,(H,27,30);2-12,27H,1H3;4-6H2,1-3H3;1H3. The van der Waals surface area contributed by atoms with Gasteiger partial charge in [0.2, 0.25) is 6.08 Å². The molecule has 1 amide bonds. The molecular formula is C52H51F6N7O8S4. The van der Waals surface area contributed by atoms with Gasteiger partial charge in [0.25, 0.3) is 0 Å². The van der Waals surface area contributed by atoms with Crippen molar-refractivity contribution in [2.75, 3.05) is 46.2 Å². The summed E-state index contributed by atoms with van der Waals surface area (Å²) >= 11 is 2.40. The molecule has 0 unspecified atom stereocenters. The highest BCUT2D eigenvalue weighted by Gasteiger charge is 2.37. The van der Waals surface area contributed by atoms with Crippen LogP contribution >= 0.6 is 22.7 Å². The number of hydrogen-bond acceptors (Lipinski definition) is 14. The van der Waals surface area contributed by atoms with Crippen molar-refractivity contribution in [3.05, 3.63) is 145 Å². The number of nitrogens with zero attached hydrogens (tertiary/aromatic N) is 6. The molecule has 408 valence electrons. The van der Waals surface area contributed by atoms with Crippen molar-refractivity contribution < 1.29 is 62.6 Å². The Hall–Kier alpha value is -7.41. The lowest BCUT2D eigenvalue weighted by atomic mass is 10.2. The maximum Gasteiger partial charge on any atom is 0.435 e. The van der Waals surface area contributed by atoms with E-state index in [1.807, 2.05) is 0 Å². The molecule has 0 aliphatic rings. The minimum Gasteiger partial charge on any atom is -0.508 e. The van der Waals surface area contributed by atoms with E-state index in [1.165, 1.54) is 129 Å². The number of carbonyl (C=O) groups is 1. The Morgan fingerprint density at radius 3 is 1.42 bits per heavy atom. The number of rotatable bonds is 12. The monoisotopic (exact) mass is 1140 g/mol. The molecule has 4 aromatic carbocycles. The molecule has 25 heteroatoms. The van der Waals surface area contributed by atoms with Gasteiger partial charge in [-0.25, -0.2) is 40.8 Å². The average molecular weight is 1140 g/mol. The number of carbonyl (C=O) groups excluding carboxylic acids is 2. The van der Waals surface area contributed by atoms with Crippen LogP contribution in [0.15, 0.2) is 148 Å². The molecule has 0 spiro atoms. The molecule has 0 atom stereocenters. The summed E-state index contributed by atoms with van der Waals surface area (Å²) in [6, 6.07) is 33.0. The minimum absolute atomic E-state index is 0.100. The summed E-state index contributed by atoms with van der Waals surface area (Å²) in [5, 5.41) is 19.5. The van der Waals surface area contributed by atoms with Crippen LogP contribution in [0.4, 0.5) is 31.1 Å². The summed E-state index contributed by atoms with van der Waals surface area (Å²) in [5.41, 5.74) is 0.0220. The number of phenolic OH excluding ortho intramolecular Hbond substituents is 1. The highest BCUT2D eigenvalue weighted by Crippen LogP contribution is 2.41. The second-order valence-electron chi connectivity index (χ2n) is 16.2. The van der Waals surface area contributed by atoms with Gasteiger partial charge in [-0.1, -0.05) is 57.2 Å². The average Bonchev–Trinajstić information content (AvgIpc) is 4.24. The Balaban J connectivity index is 0.000000239. The third kappa shape index (κ3) is 16.5. The highest BCUT2D eigenvalue weighted by atomic mass is 32.2. The number of isocyanates is 1. The van der Waals surface area contributed by atoms with E-state index in [1.54, 1.807) is 54.6 Å². The minimum atomic E-state index is -4.68. The summed E-state index contributed by atoms with van der Waals surface area (Å²) in [4.78, 5) is 28.4. The Morgan fingerprint density at radius 2 is 1.05 bits per heavy atom. The quantitative estimate of drug-likeness (QED) is 0.0671. The van der Waals surface area contributed by atoms with Crippen LogP contribution in [0.3, 0.4) is 0 Å². The zero-order valence-electron chi connectivity index (χ0n) is 42.2. The molecule has 0 fully saturated rings. The summed E-state index contributed by atoms with van der Waals surface area (Å²) in [6.07, 6.45) is -6.53. The first-order valence-electron chi connectivity index (χ1n) is 22.9. The van der Waals surface area contributed by atoms with E-state index in [4.69, 9.17) is 9.53 Å². The second-order valence-corrected chi connectivity index (χ2v) is 22.4. The number of aromatic hydroxyl groups is 1. The number of nitrogens with one attached hydrogen (secondary N) is 1. The van der Waals surface area contributed by atoms with E-state index < -0.39 is 49.5 Å². The van der Waals surface area contributed by atoms with E-state index in [0.717, 1.165) is 34.0 Å². The van der Waals surface area contributed by atoms with Crippen molar-refractivity contribution in [2.45, 2.75) is 42.9 Å². The fourth-order valence-corrected chi connectivity index (χ4v) is 10.3. The van der Waals surface area contributed by atoms with Crippen molar-refractivity contribution in [2.24, 2.45) is 4.99 Å². The van der Waals surface area contributed by atoms with E-state index in [2.05, 4.69) is 46.2 Å². The normalized spacial score (nSPS) is 11.5. The largest absolute Gasteiger partial charge is 0.508 e. The van der Waals surface area contributed by atoms with Crippen LogP contribution in [0.1, 0.15) is 32.2 Å². The molecule has 0 aliphatic carbocycles. The van der Waals surface area contributed by atoms with Gasteiger partial charge >= 0.3 is 18.4 Å². The Labute approximate surface area is 448 Å². The summed E-state index contributed by atoms with van der Waals surface area (Å²) in [7, 11) is -4.06. The Morgan fingerprint density at radius 1 is 0.649 bits per heavy atom. The van der Waals surface area contributed by atoms with E-state index in [-0.39, 0.29) is 44.1 Å². The summed E-state index contributed by atoms with van der Waals surface area (Å²) < 4.78 is 135. The molecule has 15 nitrogen and oxygen atoms in total. The summed E-state index contributed by atoms with van der Waals surface area (Å²) in [6.45, 7) is 10.1. The number of benzene rings is 4. The number of sulfone groups is 2. The van der Waals surface area contributed by atoms with Crippen molar-refractivity contribution in [1.82, 2.24) is 29.8 Å². The Kier molecular flexibility index (Phi) is 20.5. The van der Waals surface area contributed by atoms with E-state index in [9.17, 15) is 53.1 Å². The van der Waals surface area contributed by atoms with Crippen molar-refractivity contribution >= 4 is 54.5 Å². The molecular weight excluding hydrogens is 1090 g/mol. The number of ether oxygens (including phenoxy) is 1. The number of hydrogen-bond donors (Lipinski definition) is 2. The van der Waals surface area contributed by atoms with Crippen LogP contribution in [0.2, 0.25) is 0 Å². The van der Waals surface area contributed by atoms with Gasteiger partial charge in [-0.2, -0.15) is 36.5 Å². The number of alkyl halides is 6. The molecule has 77 heavy (non-hydrogen) atoms. The highest BCUT2D eigenvalue weighted by molar-refractivity contribution is 7.91. The first-order valence-corrected chi connectivity index (χ1v) is 28.3. The van der Waals surface area contributed by atoms with Gasteiger partial charge in [0.05, 0.1) is 42.3 Å². The number of amides is 1. The molecule has 0 saturated heterocycles. The first kappa shape index (κ1) is 60.5. The van der Waals surface area contributed by atoms with Crippen LogP contribution in [0.5, 0.6) is 11.5 Å². The smallest absolute Gasteiger partial charge is 0.435 e. The molecule has 0 bridgehead atoms. The van der Waals surface area contributed by atoms with Gasteiger partial charge in [0.15, 0.2) is 31.1 Å². The van der Waals surface area contributed by atoms with Gasteiger partial charge in [0, 0.05) is 48.5 Å². The second kappa shape index (κ2) is 26.1. The van der Waals surface area contributed by atoms with Crippen molar-refractivity contribution in [3.8, 4) is 64.9 Å². The Bertz CT molecular complexity index is 3570. The lowest BCUT2D eigenvalue weighted by molar-refractivity contribution is -0.142. The predicted molar refractivity (Wildman–Crippen MR) is 285 cm³/mol. The van der Waals surface area contributed by atoms with E-state index in [0.29, 0.717) is 30.6 Å². The molecule has 8 rings (SSSR count). The van der Waals surface area contributed by atoms with Crippen molar-refractivity contribution in [1.29, 1.82) is 0 Å². The summed E-state index contributed by atoms with van der Waals surface area (Å²) in [5.74, 6) is 0.0262. The van der Waals surface area contributed by atoms with Gasteiger partial charge < -0.3 is 20.1 Å². The number of halogens is 6. The molecule has 2 N–H and O–H groups in total. The molecule has 4 heterocycles. The zero-order valence-corrected chi connectivity index (χ0v) is 45.5. The maximum atomic E-state index is 13.5. The van der Waals surface area contributed by atoms with Crippen molar-refractivity contribution in [3.63, 3.8) is 0 Å². The molecule has 4 aromatic heterocycles. The maximum absolute atomic E-state index is 13.5. The fraction of sp³-hybridized carbons (Fsp3) is 0.231. The molecule has 0 radical (unpaired) electrons. The number of thiophene rings is 2. The van der Waals surface area contributed by atoms with Crippen LogP contribution in [-0.2, 0) is 36.8 Å². The van der Waals surface area contributed by atoms with Crippen LogP contribution < -0.4 is 10.1 Å². The number of aliphatic imine (C=N–C) groups is 1.